The maximum Gasteiger partial charge on any atom is 0.223 e. The van der Waals surface area contributed by atoms with Crippen molar-refractivity contribution in [2.24, 2.45) is 0 Å². The molecule has 0 unspecified atom stereocenters. The number of rotatable bonds is 1. The molecule has 0 aliphatic carbocycles. The summed E-state index contributed by atoms with van der Waals surface area (Å²) in [7, 11) is 0. The number of thiophene rings is 1. The number of anilines is 1. The number of hydrogen-bond donors (Lipinski definition) is 1. The van der Waals surface area contributed by atoms with Gasteiger partial charge < -0.3 is 5.73 Å². The van der Waals surface area contributed by atoms with E-state index in [9.17, 15) is 0 Å². The van der Waals surface area contributed by atoms with Crippen LogP contribution in [0.2, 0.25) is 5.28 Å². The molecule has 0 atom stereocenters. The predicted octanol–water partition coefficient (Wildman–Crippen LogP) is 3.00. The topological polar surface area (TPSA) is 77.6 Å². The van der Waals surface area contributed by atoms with Crippen LogP contribution >= 0.6 is 22.9 Å². The van der Waals surface area contributed by atoms with Gasteiger partial charge in [-0.1, -0.05) is 0 Å². The largest absolute Gasteiger partial charge is 0.368 e. The third kappa shape index (κ3) is 2.02. The highest BCUT2D eigenvalue weighted by Gasteiger charge is 2.15. The molecular formula is C12H10ClN5S. The average Bonchev–Trinajstić information content (AvgIpc) is 2.66. The van der Waals surface area contributed by atoms with Crippen LogP contribution in [0.3, 0.4) is 0 Å². The van der Waals surface area contributed by atoms with Crippen LogP contribution in [0.4, 0.5) is 5.95 Å². The second-order valence-corrected chi connectivity index (χ2v) is 5.69. The monoisotopic (exact) mass is 291 g/mol. The lowest BCUT2D eigenvalue weighted by molar-refractivity contribution is 1.17. The fourth-order valence-electron chi connectivity index (χ4n) is 1.83. The zero-order valence-electron chi connectivity index (χ0n) is 10.3. The summed E-state index contributed by atoms with van der Waals surface area (Å²) in [5.74, 6) is 0.235. The Hall–Kier alpha value is -1.79. The molecule has 19 heavy (non-hydrogen) atoms. The molecule has 3 aromatic rings. The average molecular weight is 292 g/mol. The molecule has 0 bridgehead atoms. The molecule has 0 aliphatic rings. The van der Waals surface area contributed by atoms with Gasteiger partial charge in [0.1, 0.15) is 0 Å². The normalized spacial score (nSPS) is 11.1. The standard InChI is InChI=1S/C12H10ClN5S/c1-5-6(2)19-10-8(5)17-11(13)18-9(10)7-3-15-12(14)16-4-7/h3-4H,1-2H3,(H2,14,15,16). The first-order valence-corrected chi connectivity index (χ1v) is 6.77. The molecule has 3 rings (SSSR count). The van der Waals surface area contributed by atoms with Gasteiger partial charge in [-0.05, 0) is 31.0 Å². The molecule has 3 aromatic heterocycles. The fraction of sp³-hybridized carbons (Fsp3) is 0.167. The van der Waals surface area contributed by atoms with E-state index in [1.165, 1.54) is 4.88 Å². The minimum Gasteiger partial charge on any atom is -0.368 e. The summed E-state index contributed by atoms with van der Waals surface area (Å²) >= 11 is 7.65. The summed E-state index contributed by atoms with van der Waals surface area (Å²) in [6.45, 7) is 4.08. The van der Waals surface area contributed by atoms with Crippen molar-refractivity contribution < 1.29 is 0 Å². The van der Waals surface area contributed by atoms with Crippen molar-refractivity contribution in [2.45, 2.75) is 13.8 Å². The van der Waals surface area contributed by atoms with Gasteiger partial charge in [-0.2, -0.15) is 0 Å². The maximum absolute atomic E-state index is 6.00. The summed E-state index contributed by atoms with van der Waals surface area (Å²) in [5, 5.41) is 0.222. The lowest BCUT2D eigenvalue weighted by Crippen LogP contribution is -1.95. The van der Waals surface area contributed by atoms with Crippen LogP contribution in [0.1, 0.15) is 10.4 Å². The number of nitrogens with zero attached hydrogens (tertiary/aromatic N) is 4. The van der Waals surface area contributed by atoms with Gasteiger partial charge in [0.25, 0.3) is 0 Å². The van der Waals surface area contributed by atoms with Crippen LogP contribution < -0.4 is 5.73 Å². The van der Waals surface area contributed by atoms with Gasteiger partial charge in [0.05, 0.1) is 15.9 Å². The van der Waals surface area contributed by atoms with E-state index in [1.807, 2.05) is 6.92 Å². The zero-order chi connectivity index (χ0) is 13.6. The van der Waals surface area contributed by atoms with Crippen molar-refractivity contribution in [2.75, 3.05) is 5.73 Å². The van der Waals surface area contributed by atoms with Gasteiger partial charge >= 0.3 is 0 Å². The zero-order valence-corrected chi connectivity index (χ0v) is 11.9. The summed E-state index contributed by atoms with van der Waals surface area (Å²) in [5.41, 5.74) is 9.04. The number of nitrogens with two attached hydrogens (primary N) is 1. The highest BCUT2D eigenvalue weighted by molar-refractivity contribution is 7.19. The van der Waals surface area contributed by atoms with Crippen molar-refractivity contribution in [1.82, 2.24) is 19.9 Å². The van der Waals surface area contributed by atoms with Gasteiger partial charge in [-0.25, -0.2) is 19.9 Å². The van der Waals surface area contributed by atoms with Crippen molar-refractivity contribution in [3.8, 4) is 11.3 Å². The van der Waals surface area contributed by atoms with E-state index >= 15 is 0 Å². The van der Waals surface area contributed by atoms with Gasteiger partial charge in [0, 0.05) is 22.8 Å². The van der Waals surface area contributed by atoms with E-state index in [1.54, 1.807) is 23.7 Å². The van der Waals surface area contributed by atoms with E-state index in [0.29, 0.717) is 0 Å². The van der Waals surface area contributed by atoms with Crippen LogP contribution in [-0.4, -0.2) is 19.9 Å². The molecule has 3 heterocycles. The Balaban J connectivity index is 2.34. The van der Waals surface area contributed by atoms with Gasteiger partial charge in [-0.3, -0.25) is 0 Å². The molecule has 0 aromatic carbocycles. The minimum absolute atomic E-state index is 0.222. The molecule has 5 nitrogen and oxygen atoms in total. The molecule has 0 spiro atoms. The first-order chi connectivity index (χ1) is 9.06. The second-order valence-electron chi connectivity index (χ2n) is 4.13. The Morgan fingerprint density at radius 3 is 2.53 bits per heavy atom. The summed E-state index contributed by atoms with van der Waals surface area (Å²) in [6, 6.07) is 0. The smallest absolute Gasteiger partial charge is 0.223 e. The Labute approximate surface area is 118 Å². The summed E-state index contributed by atoms with van der Waals surface area (Å²) in [4.78, 5) is 17.8. The molecule has 0 radical (unpaired) electrons. The number of halogens is 1. The lowest BCUT2D eigenvalue weighted by Gasteiger charge is -2.02. The van der Waals surface area contributed by atoms with Crippen LogP contribution in [0.15, 0.2) is 12.4 Å². The van der Waals surface area contributed by atoms with Crippen LogP contribution in [-0.2, 0) is 0 Å². The summed E-state index contributed by atoms with van der Waals surface area (Å²) < 4.78 is 0.993. The van der Waals surface area contributed by atoms with Crippen LogP contribution in [0.5, 0.6) is 0 Å². The van der Waals surface area contributed by atoms with Gasteiger partial charge in [-0.15, -0.1) is 11.3 Å². The maximum atomic E-state index is 6.00. The first-order valence-electron chi connectivity index (χ1n) is 5.57. The highest BCUT2D eigenvalue weighted by atomic mass is 35.5. The van der Waals surface area contributed by atoms with Crippen molar-refractivity contribution in [1.29, 1.82) is 0 Å². The van der Waals surface area contributed by atoms with Crippen LogP contribution in [0, 0.1) is 13.8 Å². The van der Waals surface area contributed by atoms with Gasteiger partial charge in [0.2, 0.25) is 11.2 Å². The van der Waals surface area contributed by atoms with E-state index in [2.05, 4.69) is 26.9 Å². The lowest BCUT2D eigenvalue weighted by atomic mass is 10.2. The van der Waals surface area contributed by atoms with Gasteiger partial charge in [0.15, 0.2) is 0 Å². The fourth-order valence-corrected chi connectivity index (χ4v) is 3.11. The number of aryl methyl sites for hydroxylation is 2. The van der Waals surface area contributed by atoms with E-state index in [-0.39, 0.29) is 11.2 Å². The predicted molar refractivity (Wildman–Crippen MR) is 77.3 cm³/mol. The summed E-state index contributed by atoms with van der Waals surface area (Å²) in [6.07, 6.45) is 3.29. The SMILES string of the molecule is Cc1sc2c(-c3cnc(N)nc3)nc(Cl)nc2c1C. The minimum atomic E-state index is 0.222. The third-order valence-corrected chi connectivity index (χ3v) is 4.29. The Kier molecular flexibility index (Phi) is 2.83. The molecule has 0 aliphatic heterocycles. The molecular weight excluding hydrogens is 282 g/mol. The first kappa shape index (κ1) is 12.3. The van der Waals surface area contributed by atoms with E-state index in [4.69, 9.17) is 17.3 Å². The molecule has 0 saturated carbocycles. The Bertz CT molecular complexity index is 766. The molecule has 7 heteroatoms. The number of nitrogen functional groups attached to an aromatic ring is 1. The highest BCUT2D eigenvalue weighted by Crippen LogP contribution is 2.35. The third-order valence-electron chi connectivity index (χ3n) is 2.92. The number of fused-ring (bicyclic) bond motifs is 1. The Morgan fingerprint density at radius 1 is 1.16 bits per heavy atom. The molecule has 96 valence electrons. The van der Waals surface area contributed by atoms with Crippen molar-refractivity contribution in [3.63, 3.8) is 0 Å². The number of aromatic nitrogens is 4. The molecule has 2 N–H and O–H groups in total. The Morgan fingerprint density at radius 2 is 1.84 bits per heavy atom. The second kappa shape index (κ2) is 4.40. The molecule has 0 amide bonds. The molecule has 0 saturated heterocycles. The molecule has 0 fully saturated rings. The van der Waals surface area contributed by atoms with Crippen molar-refractivity contribution >= 4 is 39.1 Å². The van der Waals surface area contributed by atoms with E-state index < -0.39 is 0 Å². The van der Waals surface area contributed by atoms with Crippen molar-refractivity contribution in [3.05, 3.63) is 28.1 Å². The number of hydrogen-bond acceptors (Lipinski definition) is 6. The quantitative estimate of drug-likeness (QED) is 0.697. The van der Waals surface area contributed by atoms with E-state index in [0.717, 1.165) is 27.0 Å². The van der Waals surface area contributed by atoms with Crippen LogP contribution in [0.25, 0.3) is 21.5 Å².